The molecular formula is C28H30N6O2S. The second-order valence-corrected chi connectivity index (χ2v) is 9.63. The van der Waals surface area contributed by atoms with E-state index in [0.29, 0.717) is 19.8 Å². The molecule has 5 aromatic rings. The van der Waals surface area contributed by atoms with Gasteiger partial charge in [0.25, 0.3) is 0 Å². The number of rotatable bonds is 10. The second-order valence-electron chi connectivity index (χ2n) is 8.78. The number of anilines is 2. The number of aryl methyl sites for hydroxylation is 2. The minimum atomic E-state index is 0.533. The van der Waals surface area contributed by atoms with E-state index in [1.165, 1.54) is 11.9 Å². The van der Waals surface area contributed by atoms with E-state index in [-0.39, 0.29) is 0 Å². The van der Waals surface area contributed by atoms with Crippen molar-refractivity contribution in [2.75, 3.05) is 16.6 Å². The van der Waals surface area contributed by atoms with Crippen LogP contribution < -0.4 is 10.0 Å². The summed E-state index contributed by atoms with van der Waals surface area (Å²) in [6, 6.07) is 18.8. The quantitative estimate of drug-likeness (QED) is 0.202. The number of benzene rings is 2. The summed E-state index contributed by atoms with van der Waals surface area (Å²) in [6.45, 7) is 9.75. The number of fused-ring (bicyclic) bond motifs is 1. The van der Waals surface area contributed by atoms with E-state index in [0.717, 1.165) is 61.4 Å². The van der Waals surface area contributed by atoms with Crippen LogP contribution in [0.4, 0.5) is 11.6 Å². The number of nitrogens with zero attached hydrogens (tertiary/aromatic N) is 4. The third kappa shape index (κ3) is 5.47. The Kier molecular flexibility index (Phi) is 7.43. The maximum atomic E-state index is 5.86. The van der Waals surface area contributed by atoms with Gasteiger partial charge in [0, 0.05) is 41.4 Å². The molecule has 0 radical (unpaired) electrons. The fourth-order valence-corrected chi connectivity index (χ4v) is 4.93. The number of aromatic nitrogens is 4. The molecule has 2 N–H and O–H groups in total. The van der Waals surface area contributed by atoms with Gasteiger partial charge in [-0.15, -0.1) is 0 Å². The van der Waals surface area contributed by atoms with E-state index in [9.17, 15) is 0 Å². The Labute approximate surface area is 220 Å². The van der Waals surface area contributed by atoms with Crippen LogP contribution in [0.25, 0.3) is 16.8 Å². The van der Waals surface area contributed by atoms with Gasteiger partial charge in [-0.25, -0.2) is 4.98 Å². The summed E-state index contributed by atoms with van der Waals surface area (Å²) in [6.07, 6.45) is 1.76. The van der Waals surface area contributed by atoms with Gasteiger partial charge in [-0.1, -0.05) is 41.6 Å². The lowest BCUT2D eigenvalue weighted by Gasteiger charge is -2.16. The molecule has 3 heterocycles. The van der Waals surface area contributed by atoms with Gasteiger partial charge in [0.1, 0.15) is 11.6 Å². The van der Waals surface area contributed by atoms with E-state index in [1.54, 1.807) is 6.20 Å². The number of hydrogen-bond acceptors (Lipinski definition) is 8. The normalized spacial score (nSPS) is 11.2. The van der Waals surface area contributed by atoms with Gasteiger partial charge in [-0.3, -0.25) is 0 Å². The first-order valence-electron chi connectivity index (χ1n) is 12.2. The number of nitrogens with one attached hydrogen (secondary N) is 2. The molecule has 0 aliphatic carbocycles. The molecule has 5 rings (SSSR count). The molecule has 190 valence electrons. The maximum Gasteiger partial charge on any atom is 0.182 e. The minimum Gasteiger partial charge on any atom is -0.377 e. The van der Waals surface area contributed by atoms with Crippen molar-refractivity contribution in [3.63, 3.8) is 0 Å². The number of hydrogen-bond donors (Lipinski definition) is 2. The first kappa shape index (κ1) is 24.9. The molecule has 37 heavy (non-hydrogen) atoms. The van der Waals surface area contributed by atoms with Crippen LogP contribution in [-0.4, -0.2) is 26.4 Å². The maximum absolute atomic E-state index is 5.86. The van der Waals surface area contributed by atoms with Crippen LogP contribution in [0, 0.1) is 20.8 Å². The Hall–Kier alpha value is -3.82. The fraction of sp³-hybridized carbons (Fsp3) is 0.250. The van der Waals surface area contributed by atoms with Gasteiger partial charge in [-0.2, -0.15) is 9.61 Å². The van der Waals surface area contributed by atoms with E-state index in [1.807, 2.05) is 50.4 Å². The lowest BCUT2D eigenvalue weighted by atomic mass is 9.97. The molecule has 3 aromatic heterocycles. The smallest absolute Gasteiger partial charge is 0.182 e. The fourth-order valence-electron chi connectivity index (χ4n) is 4.10. The van der Waals surface area contributed by atoms with Gasteiger partial charge in [0.05, 0.1) is 12.8 Å². The van der Waals surface area contributed by atoms with Crippen LogP contribution in [0.2, 0.25) is 0 Å². The Balaban J connectivity index is 1.41. The zero-order chi connectivity index (χ0) is 25.8. The first-order valence-corrected chi connectivity index (χ1v) is 13.0. The Morgan fingerprint density at radius 3 is 2.70 bits per heavy atom. The average molecular weight is 515 g/mol. The van der Waals surface area contributed by atoms with Crippen molar-refractivity contribution < 1.29 is 9.26 Å². The van der Waals surface area contributed by atoms with E-state index < -0.39 is 0 Å². The van der Waals surface area contributed by atoms with Gasteiger partial charge in [0.15, 0.2) is 11.5 Å². The van der Waals surface area contributed by atoms with Gasteiger partial charge < -0.3 is 19.3 Å². The summed E-state index contributed by atoms with van der Waals surface area (Å²) in [4.78, 5) is 5.62. The predicted octanol–water partition coefficient (Wildman–Crippen LogP) is 6.58. The van der Waals surface area contributed by atoms with E-state index >= 15 is 0 Å². The second kappa shape index (κ2) is 11.1. The molecular weight excluding hydrogens is 484 g/mol. The molecule has 9 heteroatoms. The predicted molar refractivity (Wildman–Crippen MR) is 148 cm³/mol. The SMILES string of the molecule is CCOCc1cc(CNc2cc(C)nc3ccnn23)ccc1-c1ccccc1SNc1noc(C)c1C. The van der Waals surface area contributed by atoms with Crippen molar-refractivity contribution in [1.29, 1.82) is 0 Å². The Morgan fingerprint density at radius 1 is 1.03 bits per heavy atom. The van der Waals surface area contributed by atoms with Gasteiger partial charge in [-0.05, 0) is 68.0 Å². The molecule has 2 aromatic carbocycles. The Morgan fingerprint density at radius 2 is 1.89 bits per heavy atom. The molecule has 0 atom stereocenters. The molecule has 0 bridgehead atoms. The molecule has 0 aliphatic rings. The van der Waals surface area contributed by atoms with Crippen molar-refractivity contribution in [3.8, 4) is 11.1 Å². The molecule has 0 aliphatic heterocycles. The van der Waals surface area contributed by atoms with Crippen LogP contribution in [0.1, 0.15) is 35.1 Å². The highest BCUT2D eigenvalue weighted by Crippen LogP contribution is 2.35. The summed E-state index contributed by atoms with van der Waals surface area (Å²) in [5.74, 6) is 2.47. The molecule has 0 unspecified atom stereocenters. The molecule has 0 saturated heterocycles. The van der Waals surface area contributed by atoms with Crippen LogP contribution >= 0.6 is 11.9 Å². The van der Waals surface area contributed by atoms with Crippen molar-refractivity contribution >= 4 is 29.2 Å². The van der Waals surface area contributed by atoms with Crippen molar-refractivity contribution in [3.05, 3.63) is 88.9 Å². The third-order valence-electron chi connectivity index (χ3n) is 6.18. The summed E-state index contributed by atoms with van der Waals surface area (Å²) < 4.78 is 16.3. The third-order valence-corrected chi connectivity index (χ3v) is 7.06. The zero-order valence-corrected chi connectivity index (χ0v) is 22.2. The standard InChI is InChI=1S/C28H30N6O2S/c1-5-35-17-22-15-21(16-29-27-14-18(2)31-26-12-13-30-34(26)27)10-11-23(22)24-8-6-7-9-25(24)37-33-28-19(3)20(4)36-32-28/h6-15,29H,5,16-17H2,1-4H3,(H,32,33). The molecule has 0 spiro atoms. The van der Waals surface area contributed by atoms with E-state index in [4.69, 9.17) is 9.26 Å². The highest BCUT2D eigenvalue weighted by molar-refractivity contribution is 8.00. The monoisotopic (exact) mass is 514 g/mol. The van der Waals surface area contributed by atoms with Gasteiger partial charge >= 0.3 is 0 Å². The lowest BCUT2D eigenvalue weighted by molar-refractivity contribution is 0.134. The summed E-state index contributed by atoms with van der Waals surface area (Å²) in [5.41, 5.74) is 7.35. The molecule has 0 amide bonds. The molecule has 8 nitrogen and oxygen atoms in total. The summed E-state index contributed by atoms with van der Waals surface area (Å²) >= 11 is 1.53. The highest BCUT2D eigenvalue weighted by Gasteiger charge is 2.14. The highest BCUT2D eigenvalue weighted by atomic mass is 32.2. The lowest BCUT2D eigenvalue weighted by Crippen LogP contribution is -2.07. The first-order chi connectivity index (χ1) is 18.0. The Bertz CT molecular complexity index is 1530. The largest absolute Gasteiger partial charge is 0.377 e. The molecule has 0 fully saturated rings. The van der Waals surface area contributed by atoms with Crippen LogP contribution in [0.15, 0.2) is 70.2 Å². The van der Waals surface area contributed by atoms with Crippen LogP contribution in [-0.2, 0) is 17.9 Å². The number of ether oxygens (including phenoxy) is 1. The average Bonchev–Trinajstić information content (AvgIpc) is 3.51. The van der Waals surface area contributed by atoms with Crippen LogP contribution in [0.3, 0.4) is 0 Å². The summed E-state index contributed by atoms with van der Waals surface area (Å²) in [5, 5.41) is 12.0. The van der Waals surface area contributed by atoms with Crippen molar-refractivity contribution in [2.45, 2.75) is 45.7 Å². The van der Waals surface area contributed by atoms with Gasteiger partial charge in [0.2, 0.25) is 0 Å². The van der Waals surface area contributed by atoms with Crippen LogP contribution in [0.5, 0.6) is 0 Å². The molecule has 0 saturated carbocycles. The van der Waals surface area contributed by atoms with Crippen molar-refractivity contribution in [1.82, 2.24) is 19.8 Å². The zero-order valence-electron chi connectivity index (χ0n) is 21.4. The minimum absolute atomic E-state index is 0.533. The van der Waals surface area contributed by atoms with Crippen molar-refractivity contribution in [2.24, 2.45) is 0 Å². The summed E-state index contributed by atoms with van der Waals surface area (Å²) in [7, 11) is 0. The van der Waals surface area contributed by atoms with E-state index in [2.05, 4.69) is 61.7 Å². The topological polar surface area (TPSA) is 89.5 Å².